The minimum absolute atomic E-state index is 0. The van der Waals surface area contributed by atoms with E-state index in [0.717, 1.165) is 36.4 Å². The zero-order valence-electron chi connectivity index (χ0n) is 18.3. The number of halogens is 1. The summed E-state index contributed by atoms with van der Waals surface area (Å²) in [6.45, 7) is 7.92. The summed E-state index contributed by atoms with van der Waals surface area (Å²) in [4.78, 5) is 4.59. The van der Waals surface area contributed by atoms with Crippen molar-refractivity contribution in [2.75, 3.05) is 20.8 Å². The third-order valence-corrected chi connectivity index (χ3v) is 4.71. The van der Waals surface area contributed by atoms with Crippen LogP contribution < -0.4 is 20.1 Å². The van der Waals surface area contributed by atoms with Crippen molar-refractivity contribution in [2.45, 2.75) is 52.6 Å². The average molecular weight is 532 g/mol. The highest BCUT2D eigenvalue weighted by atomic mass is 127. The van der Waals surface area contributed by atoms with Gasteiger partial charge in [0.2, 0.25) is 5.75 Å². The van der Waals surface area contributed by atoms with Crippen molar-refractivity contribution in [3.8, 4) is 17.2 Å². The van der Waals surface area contributed by atoms with Crippen molar-refractivity contribution >= 4 is 29.9 Å². The van der Waals surface area contributed by atoms with Crippen molar-refractivity contribution in [3.63, 3.8) is 0 Å². The van der Waals surface area contributed by atoms with Crippen LogP contribution in [0.2, 0.25) is 0 Å². The number of aliphatic imine (C=N–C) groups is 1. The van der Waals surface area contributed by atoms with Crippen molar-refractivity contribution in [3.05, 3.63) is 35.2 Å². The Bertz CT molecular complexity index is 781. The standard InChI is InChI=1S/C21H32N4O4.HI/c1-6-15(7-2)17-11-16(29-25-17)13-24-21(22-8-3)23-12-14-9-18(27-4)20(26)19(10-14)28-5;/h9-11,15,26H,6-8,12-13H2,1-5H3,(H2,22,23,24);1H. The van der Waals surface area contributed by atoms with E-state index in [1.807, 2.05) is 13.0 Å². The number of guanidine groups is 1. The lowest BCUT2D eigenvalue weighted by Gasteiger charge is -2.12. The fourth-order valence-corrected chi connectivity index (χ4v) is 3.03. The molecular formula is C21H33IN4O4. The Morgan fingerprint density at radius 3 is 2.27 bits per heavy atom. The van der Waals surface area contributed by atoms with E-state index in [-0.39, 0.29) is 29.7 Å². The Balaban J connectivity index is 0.00000450. The summed E-state index contributed by atoms with van der Waals surface area (Å²) in [7, 11) is 3.00. The molecule has 0 saturated carbocycles. The zero-order valence-corrected chi connectivity index (χ0v) is 20.6. The van der Waals surface area contributed by atoms with Gasteiger partial charge >= 0.3 is 0 Å². The molecule has 0 fully saturated rings. The van der Waals surface area contributed by atoms with Crippen molar-refractivity contribution < 1.29 is 19.1 Å². The quantitative estimate of drug-likeness (QED) is 0.240. The number of nitrogens with zero attached hydrogens (tertiary/aromatic N) is 2. The van der Waals surface area contributed by atoms with Crippen LogP contribution in [0, 0.1) is 0 Å². The number of aromatic nitrogens is 1. The van der Waals surface area contributed by atoms with E-state index in [1.54, 1.807) is 12.1 Å². The lowest BCUT2D eigenvalue weighted by molar-refractivity contribution is 0.339. The predicted molar refractivity (Wildman–Crippen MR) is 128 cm³/mol. The number of rotatable bonds is 10. The maximum absolute atomic E-state index is 10.0. The predicted octanol–water partition coefficient (Wildman–Crippen LogP) is 4.17. The highest BCUT2D eigenvalue weighted by molar-refractivity contribution is 14.0. The molecule has 8 nitrogen and oxygen atoms in total. The third-order valence-electron chi connectivity index (χ3n) is 4.71. The SMILES string of the molecule is CCNC(=NCc1cc(OC)c(O)c(OC)c1)NCc1cc(C(CC)CC)no1.I. The molecule has 0 bridgehead atoms. The summed E-state index contributed by atoms with van der Waals surface area (Å²) in [5, 5.41) is 20.7. The van der Waals surface area contributed by atoms with Gasteiger partial charge in [-0.05, 0) is 37.5 Å². The Hall–Kier alpha value is -2.17. The molecular weight excluding hydrogens is 499 g/mol. The number of benzene rings is 1. The van der Waals surface area contributed by atoms with Gasteiger partial charge in [-0.25, -0.2) is 4.99 Å². The number of nitrogens with one attached hydrogen (secondary N) is 2. The van der Waals surface area contributed by atoms with Crippen LogP contribution in [0.5, 0.6) is 17.2 Å². The summed E-state index contributed by atoms with van der Waals surface area (Å²) in [5.74, 6) is 2.52. The van der Waals surface area contributed by atoms with Crippen LogP contribution in [0.15, 0.2) is 27.7 Å². The largest absolute Gasteiger partial charge is 0.502 e. The number of ether oxygens (including phenoxy) is 2. The molecule has 30 heavy (non-hydrogen) atoms. The number of phenolic OH excluding ortho intramolecular Hbond substituents is 1. The van der Waals surface area contributed by atoms with Crippen LogP contribution in [0.4, 0.5) is 0 Å². The molecule has 1 aromatic heterocycles. The number of aromatic hydroxyl groups is 1. The minimum atomic E-state index is -0.0219. The van der Waals surface area contributed by atoms with Gasteiger partial charge in [0.15, 0.2) is 23.2 Å². The molecule has 0 saturated heterocycles. The van der Waals surface area contributed by atoms with Crippen LogP contribution in [0.3, 0.4) is 0 Å². The number of methoxy groups -OCH3 is 2. The second-order valence-electron chi connectivity index (χ2n) is 6.63. The highest BCUT2D eigenvalue weighted by Crippen LogP contribution is 2.37. The Labute approximate surface area is 195 Å². The first-order chi connectivity index (χ1) is 14.1. The van der Waals surface area contributed by atoms with Gasteiger partial charge < -0.3 is 29.7 Å². The zero-order chi connectivity index (χ0) is 21.2. The first kappa shape index (κ1) is 25.9. The van der Waals surface area contributed by atoms with Gasteiger partial charge in [0.25, 0.3) is 0 Å². The van der Waals surface area contributed by atoms with E-state index < -0.39 is 0 Å². The third kappa shape index (κ3) is 6.96. The molecule has 0 aliphatic heterocycles. The molecule has 0 atom stereocenters. The molecule has 1 heterocycles. The molecule has 0 spiro atoms. The summed E-state index contributed by atoms with van der Waals surface area (Å²) in [5.41, 5.74) is 1.85. The molecule has 9 heteroatoms. The Morgan fingerprint density at radius 1 is 1.10 bits per heavy atom. The normalized spacial score (nSPS) is 11.2. The Morgan fingerprint density at radius 2 is 1.73 bits per heavy atom. The smallest absolute Gasteiger partial charge is 0.200 e. The highest BCUT2D eigenvalue weighted by Gasteiger charge is 2.14. The molecule has 1 aromatic carbocycles. The van der Waals surface area contributed by atoms with Gasteiger partial charge in [-0.3, -0.25) is 0 Å². The maximum Gasteiger partial charge on any atom is 0.200 e. The number of phenols is 1. The van der Waals surface area contributed by atoms with Gasteiger partial charge in [-0.15, -0.1) is 24.0 Å². The van der Waals surface area contributed by atoms with Gasteiger partial charge in [0.05, 0.1) is 33.0 Å². The van der Waals surface area contributed by atoms with E-state index in [9.17, 15) is 5.11 Å². The first-order valence-corrected chi connectivity index (χ1v) is 9.97. The molecule has 3 N–H and O–H groups in total. The fraction of sp³-hybridized carbons (Fsp3) is 0.524. The van der Waals surface area contributed by atoms with Crippen molar-refractivity contribution in [2.24, 2.45) is 4.99 Å². The summed E-state index contributed by atoms with van der Waals surface area (Å²) >= 11 is 0. The van der Waals surface area contributed by atoms with E-state index in [0.29, 0.717) is 36.5 Å². The number of hydrogen-bond acceptors (Lipinski definition) is 6. The van der Waals surface area contributed by atoms with Crippen LogP contribution in [-0.2, 0) is 13.1 Å². The van der Waals surface area contributed by atoms with Crippen molar-refractivity contribution in [1.82, 2.24) is 15.8 Å². The topological polar surface area (TPSA) is 101 Å². The van der Waals surface area contributed by atoms with Crippen molar-refractivity contribution in [1.29, 1.82) is 0 Å². The van der Waals surface area contributed by atoms with Gasteiger partial charge in [0.1, 0.15) is 0 Å². The monoisotopic (exact) mass is 532 g/mol. The maximum atomic E-state index is 10.0. The first-order valence-electron chi connectivity index (χ1n) is 9.97. The summed E-state index contributed by atoms with van der Waals surface area (Å²) in [6, 6.07) is 5.48. The Kier molecular flexibility index (Phi) is 11.4. The van der Waals surface area contributed by atoms with Gasteiger partial charge in [0, 0.05) is 18.5 Å². The number of hydrogen-bond donors (Lipinski definition) is 3. The minimum Gasteiger partial charge on any atom is -0.502 e. The molecule has 2 rings (SSSR count). The molecule has 0 aliphatic carbocycles. The van der Waals surface area contributed by atoms with Crippen LogP contribution in [0.25, 0.3) is 0 Å². The summed E-state index contributed by atoms with van der Waals surface area (Å²) < 4.78 is 15.9. The lowest BCUT2D eigenvalue weighted by Crippen LogP contribution is -2.36. The molecule has 0 aliphatic rings. The van der Waals surface area contributed by atoms with E-state index in [4.69, 9.17) is 14.0 Å². The average Bonchev–Trinajstić information content (AvgIpc) is 3.20. The van der Waals surface area contributed by atoms with E-state index in [1.165, 1.54) is 14.2 Å². The molecule has 168 valence electrons. The van der Waals surface area contributed by atoms with E-state index in [2.05, 4.69) is 34.6 Å². The fourth-order valence-electron chi connectivity index (χ4n) is 3.03. The molecule has 0 unspecified atom stereocenters. The molecule has 0 radical (unpaired) electrons. The second kappa shape index (κ2) is 13.2. The van der Waals surface area contributed by atoms with E-state index >= 15 is 0 Å². The molecule has 0 amide bonds. The van der Waals surface area contributed by atoms with Gasteiger partial charge in [-0.1, -0.05) is 19.0 Å². The van der Waals surface area contributed by atoms with Crippen LogP contribution >= 0.6 is 24.0 Å². The van der Waals surface area contributed by atoms with Crippen LogP contribution in [-0.4, -0.2) is 37.0 Å². The summed E-state index contributed by atoms with van der Waals surface area (Å²) in [6.07, 6.45) is 2.08. The van der Waals surface area contributed by atoms with Crippen LogP contribution in [0.1, 0.15) is 56.5 Å². The second-order valence-corrected chi connectivity index (χ2v) is 6.63. The lowest BCUT2D eigenvalue weighted by atomic mass is 9.99. The van der Waals surface area contributed by atoms with Gasteiger partial charge in [-0.2, -0.15) is 0 Å². The molecule has 2 aromatic rings.